The molecule has 54 valence electrons. The van der Waals surface area contributed by atoms with E-state index in [1.807, 2.05) is 0 Å². The molecule has 0 aromatic carbocycles. The predicted molar refractivity (Wildman–Crippen MR) is 41.1 cm³/mol. The van der Waals surface area contributed by atoms with Gasteiger partial charge in [-0.25, -0.2) is 0 Å². The van der Waals surface area contributed by atoms with Crippen molar-refractivity contribution in [3.05, 3.63) is 27.6 Å². The maximum absolute atomic E-state index is 10.9. The SMILES string of the molecule is Cn1ccc(N)c(Cl)c1=O. The van der Waals surface area contributed by atoms with Gasteiger partial charge in [-0.15, -0.1) is 0 Å². The van der Waals surface area contributed by atoms with Crippen LogP contribution in [-0.4, -0.2) is 4.57 Å². The highest BCUT2D eigenvalue weighted by atomic mass is 35.5. The minimum absolute atomic E-state index is 0.0880. The first-order valence-electron chi connectivity index (χ1n) is 2.73. The number of hydrogen-bond donors (Lipinski definition) is 1. The second-order valence-electron chi connectivity index (χ2n) is 2.00. The van der Waals surface area contributed by atoms with Crippen molar-refractivity contribution in [1.82, 2.24) is 4.57 Å². The van der Waals surface area contributed by atoms with Crippen LogP contribution in [-0.2, 0) is 7.05 Å². The first-order chi connectivity index (χ1) is 4.63. The predicted octanol–water partition coefficient (Wildman–Crippen LogP) is 0.621. The third-order valence-corrected chi connectivity index (χ3v) is 1.62. The molecule has 1 rings (SSSR count). The maximum Gasteiger partial charge on any atom is 0.271 e. The Bertz CT molecular complexity index is 305. The molecule has 3 nitrogen and oxygen atoms in total. The number of anilines is 1. The molecule has 0 fully saturated rings. The van der Waals surface area contributed by atoms with E-state index in [2.05, 4.69) is 0 Å². The first-order valence-corrected chi connectivity index (χ1v) is 3.11. The van der Waals surface area contributed by atoms with Gasteiger partial charge in [-0.2, -0.15) is 0 Å². The number of nitrogens with zero attached hydrogens (tertiary/aromatic N) is 1. The van der Waals surface area contributed by atoms with E-state index in [4.69, 9.17) is 17.3 Å². The van der Waals surface area contributed by atoms with Crippen LogP contribution >= 0.6 is 11.6 Å². The quantitative estimate of drug-likeness (QED) is 0.602. The van der Waals surface area contributed by atoms with E-state index in [0.29, 0.717) is 5.69 Å². The van der Waals surface area contributed by atoms with Crippen LogP contribution < -0.4 is 11.3 Å². The van der Waals surface area contributed by atoms with Gasteiger partial charge in [0.1, 0.15) is 5.02 Å². The summed E-state index contributed by atoms with van der Waals surface area (Å²) in [6, 6.07) is 1.59. The number of aromatic nitrogens is 1. The lowest BCUT2D eigenvalue weighted by Crippen LogP contribution is -2.17. The van der Waals surface area contributed by atoms with Crippen molar-refractivity contribution >= 4 is 17.3 Å². The van der Waals surface area contributed by atoms with Crippen molar-refractivity contribution in [1.29, 1.82) is 0 Å². The summed E-state index contributed by atoms with van der Waals surface area (Å²) in [6.07, 6.45) is 1.57. The molecule has 0 aliphatic heterocycles. The van der Waals surface area contributed by atoms with Gasteiger partial charge in [0, 0.05) is 13.2 Å². The van der Waals surface area contributed by atoms with Crippen molar-refractivity contribution < 1.29 is 0 Å². The summed E-state index contributed by atoms with van der Waals surface area (Å²) >= 11 is 5.52. The molecule has 10 heavy (non-hydrogen) atoms. The van der Waals surface area contributed by atoms with E-state index in [1.54, 1.807) is 19.3 Å². The summed E-state index contributed by atoms with van der Waals surface area (Å²) < 4.78 is 1.37. The molecule has 0 aliphatic carbocycles. The van der Waals surface area contributed by atoms with Gasteiger partial charge in [0.15, 0.2) is 0 Å². The summed E-state index contributed by atoms with van der Waals surface area (Å²) in [4.78, 5) is 10.9. The van der Waals surface area contributed by atoms with Crippen molar-refractivity contribution in [2.24, 2.45) is 7.05 Å². The molecule has 1 heterocycles. The number of nitrogen functional groups attached to an aromatic ring is 1. The van der Waals surface area contributed by atoms with Crippen LogP contribution in [0.5, 0.6) is 0 Å². The molecular weight excluding hydrogens is 152 g/mol. The Hall–Kier alpha value is -0.960. The first kappa shape index (κ1) is 7.15. The zero-order chi connectivity index (χ0) is 7.72. The molecule has 0 aliphatic rings. The normalized spacial score (nSPS) is 9.80. The van der Waals surface area contributed by atoms with Crippen molar-refractivity contribution in [2.45, 2.75) is 0 Å². The maximum atomic E-state index is 10.9. The van der Waals surface area contributed by atoms with Crippen LogP contribution in [0.4, 0.5) is 5.69 Å². The zero-order valence-corrected chi connectivity index (χ0v) is 6.22. The Morgan fingerprint density at radius 1 is 1.70 bits per heavy atom. The van der Waals surface area contributed by atoms with Crippen LogP contribution in [0.15, 0.2) is 17.1 Å². The molecule has 0 unspecified atom stereocenters. The molecule has 0 saturated heterocycles. The Labute approximate surface area is 63.0 Å². The third-order valence-electron chi connectivity index (χ3n) is 1.24. The molecule has 0 atom stereocenters. The monoisotopic (exact) mass is 158 g/mol. The topological polar surface area (TPSA) is 48.0 Å². The highest BCUT2D eigenvalue weighted by Gasteiger charge is 2.00. The van der Waals surface area contributed by atoms with E-state index in [0.717, 1.165) is 0 Å². The molecule has 1 aromatic rings. The van der Waals surface area contributed by atoms with Crippen LogP contribution in [0.1, 0.15) is 0 Å². The van der Waals surface area contributed by atoms with Gasteiger partial charge in [0.2, 0.25) is 0 Å². The van der Waals surface area contributed by atoms with E-state index in [-0.39, 0.29) is 10.6 Å². The van der Waals surface area contributed by atoms with Gasteiger partial charge in [0.05, 0.1) is 5.69 Å². The summed E-state index contributed by atoms with van der Waals surface area (Å²) in [6.45, 7) is 0. The Morgan fingerprint density at radius 3 is 2.80 bits per heavy atom. The van der Waals surface area contributed by atoms with Crippen LogP contribution in [0.3, 0.4) is 0 Å². The fraction of sp³-hybridized carbons (Fsp3) is 0.167. The van der Waals surface area contributed by atoms with Gasteiger partial charge in [-0.05, 0) is 6.07 Å². The highest BCUT2D eigenvalue weighted by Crippen LogP contribution is 2.10. The summed E-state index contributed by atoms with van der Waals surface area (Å²) in [5.41, 5.74) is 5.41. The molecule has 0 saturated carbocycles. The molecule has 2 N–H and O–H groups in total. The number of nitrogens with two attached hydrogens (primary N) is 1. The lowest BCUT2D eigenvalue weighted by molar-refractivity contribution is 0.862. The summed E-state index contributed by atoms with van der Waals surface area (Å²) in [7, 11) is 1.62. The number of rotatable bonds is 0. The molecular formula is C6H7ClN2O. The molecule has 0 amide bonds. The standard InChI is InChI=1S/C6H7ClN2O/c1-9-3-2-4(8)5(7)6(9)10/h2-3H,8H2,1H3. The van der Waals surface area contributed by atoms with Crippen LogP contribution in [0.25, 0.3) is 0 Å². The van der Waals surface area contributed by atoms with Gasteiger partial charge < -0.3 is 10.3 Å². The highest BCUT2D eigenvalue weighted by molar-refractivity contribution is 6.32. The van der Waals surface area contributed by atoms with Crippen LogP contribution in [0, 0.1) is 0 Å². The van der Waals surface area contributed by atoms with E-state index in [9.17, 15) is 4.79 Å². The molecule has 0 radical (unpaired) electrons. The fourth-order valence-corrected chi connectivity index (χ4v) is 0.808. The van der Waals surface area contributed by atoms with Crippen molar-refractivity contribution in [2.75, 3.05) is 5.73 Å². The van der Waals surface area contributed by atoms with Gasteiger partial charge in [-0.3, -0.25) is 4.79 Å². The molecule has 1 aromatic heterocycles. The van der Waals surface area contributed by atoms with E-state index < -0.39 is 0 Å². The number of hydrogen-bond acceptors (Lipinski definition) is 2. The van der Waals surface area contributed by atoms with Crippen molar-refractivity contribution in [3.63, 3.8) is 0 Å². The number of aryl methyl sites for hydroxylation is 1. The second kappa shape index (κ2) is 2.34. The van der Waals surface area contributed by atoms with Crippen molar-refractivity contribution in [3.8, 4) is 0 Å². The van der Waals surface area contributed by atoms with Gasteiger partial charge >= 0.3 is 0 Å². The smallest absolute Gasteiger partial charge is 0.271 e. The minimum Gasteiger partial charge on any atom is -0.397 e. The Balaban J connectivity index is 3.50. The van der Waals surface area contributed by atoms with E-state index >= 15 is 0 Å². The van der Waals surface area contributed by atoms with Gasteiger partial charge in [0.25, 0.3) is 5.56 Å². The number of pyridine rings is 1. The lowest BCUT2D eigenvalue weighted by Gasteiger charge is -1.98. The minimum atomic E-state index is -0.262. The largest absolute Gasteiger partial charge is 0.397 e. The zero-order valence-electron chi connectivity index (χ0n) is 5.47. The third kappa shape index (κ3) is 0.998. The van der Waals surface area contributed by atoms with E-state index in [1.165, 1.54) is 4.57 Å². The average Bonchev–Trinajstić information content (AvgIpc) is 1.93. The Morgan fingerprint density at radius 2 is 2.30 bits per heavy atom. The number of halogens is 1. The summed E-state index contributed by atoms with van der Waals surface area (Å²) in [5, 5.41) is 0.0880. The molecule has 4 heteroatoms. The summed E-state index contributed by atoms with van der Waals surface area (Å²) in [5.74, 6) is 0. The molecule has 0 spiro atoms. The Kier molecular flexibility index (Phi) is 1.68. The second-order valence-corrected chi connectivity index (χ2v) is 2.38. The van der Waals surface area contributed by atoms with Crippen LogP contribution in [0.2, 0.25) is 5.02 Å². The lowest BCUT2D eigenvalue weighted by atomic mass is 10.4. The molecule has 0 bridgehead atoms. The van der Waals surface area contributed by atoms with Gasteiger partial charge in [-0.1, -0.05) is 11.6 Å². The average molecular weight is 159 g/mol. The fourth-order valence-electron chi connectivity index (χ4n) is 0.611.